The first-order chi connectivity index (χ1) is 12.8. The maximum Gasteiger partial charge on any atom is 0.246 e. The van der Waals surface area contributed by atoms with Gasteiger partial charge in [0.2, 0.25) is 15.9 Å². The highest BCUT2D eigenvalue weighted by Gasteiger charge is 2.36. The topological polar surface area (TPSA) is 111 Å². The quantitative estimate of drug-likeness (QED) is 0.518. The molecule has 3 rings (SSSR count). The minimum absolute atomic E-state index is 0.134. The highest BCUT2D eigenvalue weighted by atomic mass is 32.2. The van der Waals surface area contributed by atoms with E-state index in [0.717, 1.165) is 16.7 Å². The van der Waals surface area contributed by atoms with E-state index >= 15 is 0 Å². The van der Waals surface area contributed by atoms with Gasteiger partial charge in [-0.3, -0.25) is 4.79 Å². The maximum atomic E-state index is 12.6. The van der Waals surface area contributed by atoms with Gasteiger partial charge in [-0.2, -0.15) is 10.3 Å². The summed E-state index contributed by atoms with van der Waals surface area (Å²) in [4.78, 5) is 12.7. The Morgan fingerprint density at radius 2 is 1.67 bits per heavy atom. The molecular weight excluding hydrogens is 366 g/mol. The molecule has 0 aromatic heterocycles. The van der Waals surface area contributed by atoms with Crippen LogP contribution in [0.4, 0.5) is 5.69 Å². The minimum Gasteiger partial charge on any atom is -0.325 e. The van der Waals surface area contributed by atoms with Crippen molar-refractivity contribution >= 4 is 21.6 Å². The van der Waals surface area contributed by atoms with Crippen molar-refractivity contribution in [3.8, 4) is 0 Å². The fourth-order valence-corrected chi connectivity index (χ4v) is 3.83. The molecule has 0 bridgehead atoms. The first kappa shape index (κ1) is 19.5. The number of carbonyl (C=O) groups excluding carboxylic acids is 1. The van der Waals surface area contributed by atoms with Crippen molar-refractivity contribution < 1.29 is 13.2 Å². The largest absolute Gasteiger partial charge is 0.325 e. The zero-order valence-electron chi connectivity index (χ0n) is 15.3. The molecule has 9 heteroatoms. The summed E-state index contributed by atoms with van der Waals surface area (Å²) in [5.74, 6) is -0.368. The van der Waals surface area contributed by atoms with E-state index in [-0.39, 0.29) is 10.8 Å². The molecule has 5 N–H and O–H groups in total. The molecule has 0 aliphatic carbocycles. The van der Waals surface area contributed by atoms with Crippen LogP contribution in [0.25, 0.3) is 0 Å². The van der Waals surface area contributed by atoms with Gasteiger partial charge in [0.05, 0.1) is 4.90 Å². The van der Waals surface area contributed by atoms with Crippen molar-refractivity contribution in [2.45, 2.75) is 37.9 Å². The van der Waals surface area contributed by atoms with Gasteiger partial charge >= 0.3 is 0 Å². The molecule has 2 atom stereocenters. The minimum atomic E-state index is -3.78. The number of amides is 1. The van der Waals surface area contributed by atoms with Crippen LogP contribution in [0.1, 0.15) is 16.7 Å². The van der Waals surface area contributed by atoms with Crippen LogP contribution in [0.3, 0.4) is 0 Å². The summed E-state index contributed by atoms with van der Waals surface area (Å²) in [5, 5.41) is 2.80. The van der Waals surface area contributed by atoms with E-state index in [2.05, 4.69) is 26.4 Å². The normalized spacial score (nSPS) is 19.8. The first-order valence-corrected chi connectivity index (χ1v) is 9.98. The van der Waals surface area contributed by atoms with Crippen molar-refractivity contribution in [2.75, 3.05) is 5.32 Å². The average Bonchev–Trinajstić information content (AvgIpc) is 3.06. The molecule has 0 radical (unpaired) electrons. The molecule has 27 heavy (non-hydrogen) atoms. The standard InChI is InChI=1S/C18H23N5O3S/c1-11-4-8-15(9-5-11)27(25,26)22-17-16(20-23-21-17)18(24)19-14-7-6-12(2)13(3)10-14/h4-10,16-17,20-23H,1-3H3,(H,19,24). The van der Waals surface area contributed by atoms with Gasteiger partial charge in [0, 0.05) is 5.69 Å². The Labute approximate surface area is 158 Å². The van der Waals surface area contributed by atoms with E-state index in [9.17, 15) is 13.2 Å². The van der Waals surface area contributed by atoms with Gasteiger partial charge in [-0.05, 0) is 56.2 Å². The predicted octanol–water partition coefficient (Wildman–Crippen LogP) is 0.836. The SMILES string of the molecule is Cc1ccc(S(=O)(=O)NC2NNNC2C(=O)Nc2ccc(C)c(C)c2)cc1. The van der Waals surface area contributed by atoms with E-state index in [1.807, 2.05) is 39.0 Å². The number of anilines is 1. The third-order valence-corrected chi connectivity index (χ3v) is 5.92. The van der Waals surface area contributed by atoms with Gasteiger partial charge < -0.3 is 5.32 Å². The zero-order valence-corrected chi connectivity index (χ0v) is 16.1. The summed E-state index contributed by atoms with van der Waals surface area (Å²) >= 11 is 0. The van der Waals surface area contributed by atoms with Crippen LogP contribution in [0.15, 0.2) is 47.4 Å². The second-order valence-electron chi connectivity index (χ2n) is 6.59. The Hall–Kier alpha value is -2.30. The summed E-state index contributed by atoms with van der Waals surface area (Å²) in [7, 11) is -3.78. The Kier molecular flexibility index (Phi) is 5.59. The van der Waals surface area contributed by atoms with Gasteiger partial charge in [0.1, 0.15) is 12.2 Å². The molecule has 1 saturated heterocycles. The van der Waals surface area contributed by atoms with Crippen LogP contribution in [0.2, 0.25) is 0 Å². The summed E-state index contributed by atoms with van der Waals surface area (Å²) in [6.07, 6.45) is -0.858. The van der Waals surface area contributed by atoms with E-state index in [1.165, 1.54) is 12.1 Å². The summed E-state index contributed by atoms with van der Waals surface area (Å²) in [6, 6.07) is 11.2. The molecule has 0 saturated carbocycles. The monoisotopic (exact) mass is 389 g/mol. The van der Waals surface area contributed by atoms with Gasteiger partial charge in [-0.15, -0.1) is 0 Å². The van der Waals surface area contributed by atoms with E-state index < -0.39 is 22.2 Å². The van der Waals surface area contributed by atoms with Crippen LogP contribution < -0.4 is 26.4 Å². The lowest BCUT2D eigenvalue weighted by atomic mass is 10.1. The number of aryl methyl sites for hydroxylation is 3. The number of rotatable bonds is 5. The third-order valence-electron chi connectivity index (χ3n) is 4.46. The Bertz CT molecular complexity index is 944. The van der Waals surface area contributed by atoms with Gasteiger partial charge in [-0.25, -0.2) is 19.3 Å². The molecule has 2 unspecified atom stereocenters. The summed E-state index contributed by atoms with van der Waals surface area (Å²) in [5.41, 5.74) is 11.8. The van der Waals surface area contributed by atoms with Crippen LogP contribution in [-0.2, 0) is 14.8 Å². The maximum absolute atomic E-state index is 12.6. The highest BCUT2D eigenvalue weighted by molar-refractivity contribution is 7.89. The number of hydrazine groups is 2. The lowest BCUT2D eigenvalue weighted by molar-refractivity contribution is -0.118. The Morgan fingerprint density at radius 1 is 0.963 bits per heavy atom. The van der Waals surface area contributed by atoms with E-state index in [0.29, 0.717) is 5.69 Å². The lowest BCUT2D eigenvalue weighted by Crippen LogP contribution is -2.53. The lowest BCUT2D eigenvalue weighted by Gasteiger charge is -2.19. The highest BCUT2D eigenvalue weighted by Crippen LogP contribution is 2.15. The first-order valence-electron chi connectivity index (χ1n) is 8.49. The molecule has 2 aromatic rings. The summed E-state index contributed by atoms with van der Waals surface area (Å²) in [6.45, 7) is 5.83. The molecular formula is C18H23N5O3S. The van der Waals surface area contributed by atoms with Gasteiger partial charge in [0.25, 0.3) is 0 Å². The number of nitrogens with one attached hydrogen (secondary N) is 5. The van der Waals surface area contributed by atoms with Crippen LogP contribution >= 0.6 is 0 Å². The number of benzene rings is 2. The average molecular weight is 389 g/mol. The molecule has 8 nitrogen and oxygen atoms in total. The molecule has 1 aliphatic heterocycles. The van der Waals surface area contributed by atoms with Crippen LogP contribution in [-0.4, -0.2) is 26.5 Å². The Morgan fingerprint density at radius 3 is 2.33 bits per heavy atom. The fraction of sp³-hybridized carbons (Fsp3) is 0.278. The van der Waals surface area contributed by atoms with Crippen LogP contribution in [0.5, 0.6) is 0 Å². The molecule has 2 aromatic carbocycles. The van der Waals surface area contributed by atoms with Gasteiger partial charge in [-0.1, -0.05) is 23.8 Å². The number of hydrogen-bond donors (Lipinski definition) is 5. The predicted molar refractivity (Wildman–Crippen MR) is 103 cm³/mol. The zero-order chi connectivity index (χ0) is 19.6. The van der Waals surface area contributed by atoms with Crippen LogP contribution in [0, 0.1) is 20.8 Å². The smallest absolute Gasteiger partial charge is 0.246 e. The van der Waals surface area contributed by atoms with Crippen molar-refractivity contribution in [3.63, 3.8) is 0 Å². The third kappa shape index (κ3) is 4.52. The van der Waals surface area contributed by atoms with E-state index in [4.69, 9.17) is 0 Å². The molecule has 1 aliphatic rings. The molecule has 0 spiro atoms. The Balaban J connectivity index is 1.71. The van der Waals surface area contributed by atoms with E-state index in [1.54, 1.807) is 12.1 Å². The van der Waals surface area contributed by atoms with Crippen molar-refractivity contribution in [1.29, 1.82) is 0 Å². The van der Waals surface area contributed by atoms with Gasteiger partial charge in [0.15, 0.2) is 0 Å². The number of hydrogen-bond acceptors (Lipinski definition) is 6. The number of sulfonamides is 1. The second kappa shape index (κ2) is 7.75. The summed E-state index contributed by atoms with van der Waals surface area (Å²) < 4.78 is 27.6. The fourth-order valence-electron chi connectivity index (χ4n) is 2.67. The molecule has 144 valence electrons. The molecule has 1 amide bonds. The molecule has 1 fully saturated rings. The molecule has 1 heterocycles. The second-order valence-corrected chi connectivity index (χ2v) is 8.31. The number of carbonyl (C=O) groups is 1. The van der Waals surface area contributed by atoms with Crippen molar-refractivity contribution in [3.05, 3.63) is 59.2 Å². The van der Waals surface area contributed by atoms with Crippen molar-refractivity contribution in [2.24, 2.45) is 0 Å². The van der Waals surface area contributed by atoms with Crippen molar-refractivity contribution in [1.82, 2.24) is 21.1 Å².